The van der Waals surface area contributed by atoms with Gasteiger partial charge in [0, 0.05) is 28.4 Å². The molecule has 0 saturated heterocycles. The minimum Gasteiger partial charge on any atom is -0.310 e. The third kappa shape index (κ3) is 6.64. The Morgan fingerprint density at radius 2 is 0.855 bits per heavy atom. The summed E-state index contributed by atoms with van der Waals surface area (Å²) < 4.78 is 2.19. The summed E-state index contributed by atoms with van der Waals surface area (Å²) in [5, 5.41) is 0.994. The highest BCUT2D eigenvalue weighted by Crippen LogP contribution is 2.58. The van der Waals surface area contributed by atoms with Gasteiger partial charge in [-0.05, 0) is 99.1 Å². The Balaban J connectivity index is 1.12. The molecule has 1 aliphatic heterocycles. The summed E-state index contributed by atoms with van der Waals surface area (Å²) in [4.78, 5) is 23.7. The van der Waals surface area contributed by atoms with E-state index in [9.17, 15) is 0 Å². The molecule has 0 unspecified atom stereocenters. The number of para-hydroxylation sites is 2. The Hall–Kier alpha value is -9.26. The predicted octanol–water partition coefficient (Wildman–Crippen LogP) is 15.2. The van der Waals surface area contributed by atoms with Crippen molar-refractivity contribution in [2.45, 2.75) is 5.41 Å². The third-order valence-corrected chi connectivity index (χ3v) is 13.5. The summed E-state index contributed by atoms with van der Waals surface area (Å²) in [6.07, 6.45) is 1.88. The fourth-order valence-electron chi connectivity index (χ4n) is 10.5. The molecule has 6 nitrogen and oxygen atoms in total. The number of rotatable bonds is 8. The van der Waals surface area contributed by atoms with E-state index in [0.29, 0.717) is 17.6 Å². The summed E-state index contributed by atoms with van der Waals surface area (Å²) in [5.74, 6) is 1.64. The Kier molecular flexibility index (Phi) is 9.61. The summed E-state index contributed by atoms with van der Waals surface area (Å²) in [6, 6.07) is 88.1. The van der Waals surface area contributed by atoms with Gasteiger partial charge in [-0.15, -0.1) is 0 Å². The summed E-state index contributed by atoms with van der Waals surface area (Å²) in [5.41, 5.74) is 16.1. The molecule has 0 N–H and O–H groups in total. The lowest BCUT2D eigenvalue weighted by atomic mass is 9.62. The molecule has 3 aromatic heterocycles. The molecule has 6 heteroatoms. The van der Waals surface area contributed by atoms with Crippen molar-refractivity contribution in [2.24, 2.45) is 0 Å². The largest absolute Gasteiger partial charge is 0.310 e. The highest BCUT2D eigenvalue weighted by atomic mass is 15.2. The van der Waals surface area contributed by atoms with Crippen LogP contribution in [0.15, 0.2) is 255 Å². The maximum absolute atomic E-state index is 5.44. The van der Waals surface area contributed by atoms with E-state index in [1.165, 1.54) is 16.7 Å². The van der Waals surface area contributed by atoms with Crippen molar-refractivity contribution in [3.8, 4) is 51.0 Å². The molecular formula is C63H42N6. The predicted molar refractivity (Wildman–Crippen MR) is 280 cm³/mol. The molecule has 0 bridgehead atoms. The van der Waals surface area contributed by atoms with Crippen LogP contribution in [0.3, 0.4) is 0 Å². The number of benzene rings is 9. The van der Waals surface area contributed by atoms with Gasteiger partial charge in [-0.25, -0.2) is 4.98 Å². The molecule has 9 aromatic carbocycles. The second kappa shape index (κ2) is 16.6. The van der Waals surface area contributed by atoms with Crippen LogP contribution < -0.4 is 4.90 Å². The second-order valence-corrected chi connectivity index (χ2v) is 17.4. The number of aromatic nitrogens is 5. The van der Waals surface area contributed by atoms with Gasteiger partial charge in [0.1, 0.15) is 0 Å². The van der Waals surface area contributed by atoms with Gasteiger partial charge in [0.15, 0.2) is 11.6 Å². The van der Waals surface area contributed by atoms with Gasteiger partial charge >= 0.3 is 0 Å². The molecule has 0 spiro atoms. The topological polar surface area (TPSA) is 59.7 Å². The lowest BCUT2D eigenvalue weighted by Crippen LogP contribution is -2.37. The molecule has 324 valence electrons. The van der Waals surface area contributed by atoms with Crippen LogP contribution in [0, 0.1) is 0 Å². The highest BCUT2D eigenvalue weighted by Gasteiger charge is 2.47. The van der Waals surface area contributed by atoms with Gasteiger partial charge in [-0.1, -0.05) is 194 Å². The lowest BCUT2D eigenvalue weighted by molar-refractivity contribution is 0.732. The smallest absolute Gasteiger partial charge is 0.238 e. The molecule has 0 fully saturated rings. The van der Waals surface area contributed by atoms with Crippen molar-refractivity contribution < 1.29 is 0 Å². The van der Waals surface area contributed by atoms with Crippen molar-refractivity contribution in [2.75, 3.05) is 4.90 Å². The van der Waals surface area contributed by atoms with Gasteiger partial charge in [-0.2, -0.15) is 9.97 Å². The molecule has 0 saturated carbocycles. The van der Waals surface area contributed by atoms with E-state index in [1.807, 2.05) is 24.4 Å². The van der Waals surface area contributed by atoms with Crippen molar-refractivity contribution in [1.29, 1.82) is 0 Å². The fourth-order valence-corrected chi connectivity index (χ4v) is 10.5. The Bertz CT molecular complexity index is 3690. The number of hydrogen-bond donors (Lipinski definition) is 0. The van der Waals surface area contributed by atoms with Gasteiger partial charge in [0.2, 0.25) is 5.95 Å². The average Bonchev–Trinajstić information content (AvgIpc) is 3.76. The normalized spacial score (nSPS) is 12.7. The fraction of sp³-hybridized carbons (Fsp3) is 0.0159. The first kappa shape index (κ1) is 40.1. The SMILES string of the molecule is c1ccc(-c2cccc(-c3nc(-c4cccc(-c5ccccc5)c4)nc(-n4c5cc6c(cc5c5ncccc54)C(c4ccccc4)(c4ccccc4)c4ccccc4N6c4ccccc4)n3)c2)cc1. The van der Waals surface area contributed by atoms with Crippen molar-refractivity contribution >= 4 is 39.0 Å². The number of pyridine rings is 1. The van der Waals surface area contributed by atoms with E-state index in [-0.39, 0.29) is 0 Å². The zero-order valence-electron chi connectivity index (χ0n) is 37.4. The van der Waals surface area contributed by atoms with E-state index < -0.39 is 5.41 Å². The summed E-state index contributed by atoms with van der Waals surface area (Å²) in [6.45, 7) is 0. The average molecular weight is 883 g/mol. The van der Waals surface area contributed by atoms with E-state index in [0.717, 1.165) is 77.9 Å². The molecule has 69 heavy (non-hydrogen) atoms. The van der Waals surface area contributed by atoms with E-state index in [1.54, 1.807) is 0 Å². The number of hydrogen-bond acceptors (Lipinski definition) is 5. The van der Waals surface area contributed by atoms with Gasteiger partial charge in [-0.3, -0.25) is 9.55 Å². The third-order valence-electron chi connectivity index (χ3n) is 13.5. The van der Waals surface area contributed by atoms with E-state index in [4.69, 9.17) is 19.9 Å². The maximum Gasteiger partial charge on any atom is 0.238 e. The van der Waals surface area contributed by atoms with Crippen LogP contribution in [0.25, 0.3) is 72.9 Å². The first-order chi connectivity index (χ1) is 34.2. The zero-order valence-corrected chi connectivity index (χ0v) is 37.4. The van der Waals surface area contributed by atoms with Gasteiger partial charge in [0.25, 0.3) is 0 Å². The second-order valence-electron chi connectivity index (χ2n) is 17.4. The summed E-state index contributed by atoms with van der Waals surface area (Å²) >= 11 is 0. The number of nitrogens with zero attached hydrogens (tertiary/aromatic N) is 6. The van der Waals surface area contributed by atoms with Gasteiger partial charge < -0.3 is 4.90 Å². The zero-order chi connectivity index (χ0) is 45.7. The maximum atomic E-state index is 5.44. The van der Waals surface area contributed by atoms with Crippen molar-refractivity contribution in [3.05, 3.63) is 277 Å². The first-order valence-corrected chi connectivity index (χ1v) is 23.3. The van der Waals surface area contributed by atoms with E-state index >= 15 is 0 Å². The minimum absolute atomic E-state index is 0.498. The standard InChI is InChI=1S/C63H42N6/c1-6-21-43(22-7-1)45-25-18-27-47(39-45)60-65-61(48-28-19-26-46(40-48)44-23-8-2-9-24-44)67-62(66-60)69-56-37-20-38-64-59(56)52-41-54-58(42-57(52)69)68(51-33-14-5-15-34-51)55-36-17-16-35-53(55)63(54,49-29-10-3-11-30-49)50-31-12-4-13-32-50/h1-42H. The lowest BCUT2D eigenvalue weighted by Gasteiger charge is -2.46. The van der Waals surface area contributed by atoms with Crippen LogP contribution in [0.1, 0.15) is 22.3 Å². The minimum atomic E-state index is -0.696. The Labute approximate surface area is 400 Å². The molecule has 0 atom stereocenters. The van der Waals surface area contributed by atoms with Crippen molar-refractivity contribution in [3.63, 3.8) is 0 Å². The summed E-state index contributed by atoms with van der Waals surface area (Å²) in [7, 11) is 0. The molecule has 13 rings (SSSR count). The molecule has 1 aliphatic rings. The Morgan fingerprint density at radius 1 is 0.348 bits per heavy atom. The number of fused-ring (bicyclic) bond motifs is 5. The first-order valence-electron chi connectivity index (χ1n) is 23.3. The van der Waals surface area contributed by atoms with E-state index in [2.05, 4.69) is 240 Å². The molecule has 0 radical (unpaired) electrons. The Morgan fingerprint density at radius 3 is 1.45 bits per heavy atom. The molecule has 0 amide bonds. The van der Waals surface area contributed by atoms with Crippen LogP contribution in [-0.2, 0) is 5.41 Å². The quantitative estimate of drug-likeness (QED) is 0.152. The molecule has 0 aliphatic carbocycles. The van der Waals surface area contributed by atoms with Crippen LogP contribution in [0.4, 0.5) is 17.1 Å². The molecule has 4 heterocycles. The van der Waals surface area contributed by atoms with Crippen LogP contribution in [0.5, 0.6) is 0 Å². The number of anilines is 3. The van der Waals surface area contributed by atoms with Crippen LogP contribution >= 0.6 is 0 Å². The van der Waals surface area contributed by atoms with Crippen molar-refractivity contribution in [1.82, 2.24) is 24.5 Å². The molecule has 12 aromatic rings. The van der Waals surface area contributed by atoms with Crippen LogP contribution in [0.2, 0.25) is 0 Å². The van der Waals surface area contributed by atoms with Crippen LogP contribution in [-0.4, -0.2) is 24.5 Å². The van der Waals surface area contributed by atoms with Gasteiger partial charge in [0.05, 0.1) is 33.3 Å². The highest BCUT2D eigenvalue weighted by molar-refractivity contribution is 6.10. The molecular weight excluding hydrogens is 841 g/mol. The monoisotopic (exact) mass is 882 g/mol.